The quantitative estimate of drug-likeness (QED) is 0.730. The monoisotopic (exact) mass is 347 g/mol. The van der Waals surface area contributed by atoms with Gasteiger partial charge in [-0.1, -0.05) is 23.2 Å². The Morgan fingerprint density at radius 1 is 1.22 bits per heavy atom. The number of benzene rings is 1. The van der Waals surface area contributed by atoms with Gasteiger partial charge in [0.15, 0.2) is 0 Å². The highest BCUT2D eigenvalue weighted by molar-refractivity contribution is 6.31. The second-order valence-electron chi connectivity index (χ2n) is 5.20. The lowest BCUT2D eigenvalue weighted by Crippen LogP contribution is -2.18. The molecule has 3 aromatic rings. The minimum atomic E-state index is -0.202. The van der Waals surface area contributed by atoms with Crippen LogP contribution in [0.2, 0.25) is 10.0 Å². The minimum Gasteiger partial charge on any atom is -0.337 e. The van der Waals surface area contributed by atoms with E-state index in [2.05, 4.69) is 10.3 Å². The van der Waals surface area contributed by atoms with Crippen molar-refractivity contribution in [2.45, 2.75) is 20.4 Å². The van der Waals surface area contributed by atoms with Crippen molar-refractivity contribution >= 4 is 45.8 Å². The highest BCUT2D eigenvalue weighted by Gasteiger charge is 2.20. The summed E-state index contributed by atoms with van der Waals surface area (Å²) in [5, 5.41) is 4.97. The number of fused-ring (bicyclic) bond motifs is 1. The van der Waals surface area contributed by atoms with Crippen LogP contribution in [0.5, 0.6) is 0 Å². The average Bonchev–Trinajstić information content (AvgIpc) is 2.81. The number of nitrogens with one attached hydrogen (secondary N) is 1. The molecule has 1 amide bonds. The van der Waals surface area contributed by atoms with Crippen molar-refractivity contribution in [3.8, 4) is 0 Å². The van der Waals surface area contributed by atoms with Crippen LogP contribution in [-0.4, -0.2) is 15.5 Å². The van der Waals surface area contributed by atoms with Crippen molar-refractivity contribution < 1.29 is 4.79 Å². The Morgan fingerprint density at radius 3 is 2.61 bits per heavy atom. The summed E-state index contributed by atoms with van der Waals surface area (Å²) in [6, 6.07) is 9.01. The third-order valence-electron chi connectivity index (χ3n) is 3.78. The highest BCUT2D eigenvalue weighted by atomic mass is 35.5. The van der Waals surface area contributed by atoms with Crippen LogP contribution >= 0.6 is 23.2 Å². The number of rotatable bonds is 3. The van der Waals surface area contributed by atoms with Crippen molar-refractivity contribution in [3.63, 3.8) is 0 Å². The summed E-state index contributed by atoms with van der Waals surface area (Å²) in [6.45, 7) is 4.61. The Hall–Kier alpha value is -2.04. The first-order valence-corrected chi connectivity index (χ1v) is 7.98. The smallest absolute Gasteiger partial charge is 0.273 e. The summed E-state index contributed by atoms with van der Waals surface area (Å²) in [5.74, 6) is 0.260. The van der Waals surface area contributed by atoms with E-state index in [0.717, 1.165) is 16.5 Å². The first-order valence-electron chi connectivity index (χ1n) is 7.22. The van der Waals surface area contributed by atoms with Gasteiger partial charge in [-0.2, -0.15) is 0 Å². The van der Waals surface area contributed by atoms with Gasteiger partial charge >= 0.3 is 0 Å². The topological polar surface area (TPSA) is 46.9 Å². The van der Waals surface area contributed by atoms with Crippen molar-refractivity contribution in [1.82, 2.24) is 9.55 Å². The van der Waals surface area contributed by atoms with Crippen LogP contribution in [0, 0.1) is 6.92 Å². The third kappa shape index (κ3) is 2.92. The fourth-order valence-corrected chi connectivity index (χ4v) is 3.02. The van der Waals surface area contributed by atoms with Crippen LogP contribution in [0.25, 0.3) is 10.9 Å². The maximum absolute atomic E-state index is 12.7. The Bertz CT molecular complexity index is 885. The van der Waals surface area contributed by atoms with E-state index in [1.165, 1.54) is 6.20 Å². The molecule has 2 heterocycles. The van der Waals surface area contributed by atoms with Gasteiger partial charge in [0.2, 0.25) is 0 Å². The molecule has 0 saturated carbocycles. The molecule has 4 nitrogen and oxygen atoms in total. The SMILES string of the molecule is CCn1c(C(=O)Nc2ccc(Cl)cn2)c(C)c2cc(Cl)ccc21. The molecule has 1 aromatic carbocycles. The minimum absolute atomic E-state index is 0.202. The summed E-state index contributed by atoms with van der Waals surface area (Å²) >= 11 is 11.9. The van der Waals surface area contributed by atoms with Gasteiger partial charge in [-0.3, -0.25) is 4.79 Å². The summed E-state index contributed by atoms with van der Waals surface area (Å²) in [7, 11) is 0. The molecule has 0 aliphatic heterocycles. The number of halogens is 2. The number of hydrogen-bond acceptors (Lipinski definition) is 2. The van der Waals surface area contributed by atoms with Gasteiger partial charge < -0.3 is 9.88 Å². The van der Waals surface area contributed by atoms with Gasteiger partial charge in [0.1, 0.15) is 11.5 Å². The van der Waals surface area contributed by atoms with E-state index in [9.17, 15) is 4.79 Å². The van der Waals surface area contributed by atoms with Crippen LogP contribution in [0.15, 0.2) is 36.5 Å². The van der Waals surface area contributed by atoms with E-state index < -0.39 is 0 Å². The number of carbonyl (C=O) groups excluding carboxylic acids is 1. The fraction of sp³-hybridized carbons (Fsp3) is 0.176. The second-order valence-corrected chi connectivity index (χ2v) is 6.07. The van der Waals surface area contributed by atoms with Gasteiger partial charge in [-0.05, 0) is 49.7 Å². The van der Waals surface area contributed by atoms with Crippen molar-refractivity contribution in [2.75, 3.05) is 5.32 Å². The zero-order chi connectivity index (χ0) is 16.6. The Balaban J connectivity index is 2.06. The third-order valence-corrected chi connectivity index (χ3v) is 4.24. The number of pyridine rings is 1. The van der Waals surface area contributed by atoms with Crippen LogP contribution < -0.4 is 5.32 Å². The van der Waals surface area contributed by atoms with E-state index in [1.54, 1.807) is 12.1 Å². The Kier molecular flexibility index (Phi) is 4.28. The number of anilines is 1. The molecule has 23 heavy (non-hydrogen) atoms. The molecule has 0 aliphatic carbocycles. The molecule has 0 radical (unpaired) electrons. The Morgan fingerprint density at radius 2 is 1.96 bits per heavy atom. The van der Waals surface area contributed by atoms with E-state index in [4.69, 9.17) is 23.2 Å². The molecule has 0 aliphatic rings. The first-order chi connectivity index (χ1) is 11.0. The molecule has 118 valence electrons. The zero-order valence-electron chi connectivity index (χ0n) is 12.7. The predicted molar refractivity (Wildman–Crippen MR) is 94.6 cm³/mol. The Labute approximate surface area is 144 Å². The molecule has 0 saturated heterocycles. The standard InChI is InChI=1S/C17H15Cl2N3O/c1-3-22-14-6-4-11(18)8-13(14)10(2)16(22)17(23)21-15-7-5-12(19)9-20-15/h4-9H,3H2,1-2H3,(H,20,21,23). The summed E-state index contributed by atoms with van der Waals surface area (Å²) in [4.78, 5) is 16.8. The molecule has 0 fully saturated rings. The molecular formula is C17H15Cl2N3O. The van der Waals surface area contributed by atoms with Crippen LogP contribution in [0.4, 0.5) is 5.82 Å². The largest absolute Gasteiger partial charge is 0.337 e. The normalized spacial score (nSPS) is 11.0. The fourth-order valence-electron chi connectivity index (χ4n) is 2.74. The number of nitrogens with zero attached hydrogens (tertiary/aromatic N) is 2. The van der Waals surface area contributed by atoms with Gasteiger partial charge in [0, 0.05) is 28.7 Å². The van der Waals surface area contributed by atoms with Gasteiger partial charge in [-0.25, -0.2) is 4.98 Å². The van der Waals surface area contributed by atoms with E-state index in [1.807, 2.05) is 36.6 Å². The lowest BCUT2D eigenvalue weighted by Gasteiger charge is -2.09. The lowest BCUT2D eigenvalue weighted by molar-refractivity contribution is 0.101. The zero-order valence-corrected chi connectivity index (χ0v) is 14.2. The second kappa shape index (κ2) is 6.22. The van der Waals surface area contributed by atoms with Crippen molar-refractivity contribution in [1.29, 1.82) is 0 Å². The highest BCUT2D eigenvalue weighted by Crippen LogP contribution is 2.28. The summed E-state index contributed by atoms with van der Waals surface area (Å²) in [5.41, 5.74) is 2.50. The molecule has 0 atom stereocenters. The molecule has 6 heteroatoms. The molecular weight excluding hydrogens is 333 g/mol. The lowest BCUT2D eigenvalue weighted by atomic mass is 10.1. The molecule has 3 rings (SSSR count). The first kappa shape index (κ1) is 15.8. The van der Waals surface area contributed by atoms with E-state index in [-0.39, 0.29) is 5.91 Å². The van der Waals surface area contributed by atoms with Crippen molar-refractivity contribution in [3.05, 3.63) is 57.8 Å². The number of aryl methyl sites for hydroxylation is 2. The number of hydrogen-bond donors (Lipinski definition) is 1. The van der Waals surface area contributed by atoms with E-state index in [0.29, 0.717) is 28.1 Å². The molecule has 0 bridgehead atoms. The number of amides is 1. The maximum atomic E-state index is 12.7. The van der Waals surface area contributed by atoms with Crippen LogP contribution in [0.1, 0.15) is 23.0 Å². The van der Waals surface area contributed by atoms with Crippen LogP contribution in [-0.2, 0) is 6.54 Å². The molecule has 1 N–H and O–H groups in total. The van der Waals surface area contributed by atoms with E-state index >= 15 is 0 Å². The molecule has 2 aromatic heterocycles. The van der Waals surface area contributed by atoms with Crippen LogP contribution in [0.3, 0.4) is 0 Å². The number of carbonyl (C=O) groups is 1. The average molecular weight is 348 g/mol. The maximum Gasteiger partial charge on any atom is 0.273 e. The molecule has 0 unspecified atom stereocenters. The predicted octanol–water partition coefficient (Wildman–Crippen LogP) is 4.92. The summed E-state index contributed by atoms with van der Waals surface area (Å²) in [6.07, 6.45) is 1.50. The van der Waals surface area contributed by atoms with Gasteiger partial charge in [0.05, 0.1) is 5.02 Å². The van der Waals surface area contributed by atoms with Gasteiger partial charge in [-0.15, -0.1) is 0 Å². The number of aromatic nitrogens is 2. The molecule has 0 spiro atoms. The summed E-state index contributed by atoms with van der Waals surface area (Å²) < 4.78 is 1.98. The van der Waals surface area contributed by atoms with Gasteiger partial charge in [0.25, 0.3) is 5.91 Å². The van der Waals surface area contributed by atoms with Crippen molar-refractivity contribution in [2.24, 2.45) is 0 Å².